The second kappa shape index (κ2) is 4.03. The maximum atomic E-state index is 13.2. The molecule has 3 atom stereocenters. The fraction of sp³-hybridized carbons (Fsp3) is 0.364. The van der Waals surface area contributed by atoms with Gasteiger partial charge in [0, 0.05) is 5.56 Å². The molecular formula is C11H11ClFNO2. The van der Waals surface area contributed by atoms with Crippen LogP contribution in [0.3, 0.4) is 0 Å². The van der Waals surface area contributed by atoms with Crippen molar-refractivity contribution in [3.63, 3.8) is 0 Å². The van der Waals surface area contributed by atoms with E-state index in [4.69, 9.17) is 11.6 Å². The summed E-state index contributed by atoms with van der Waals surface area (Å²) in [6, 6.07) is 8.57. The lowest BCUT2D eigenvalue weighted by molar-refractivity contribution is -0.225. The maximum absolute atomic E-state index is 13.2. The van der Waals surface area contributed by atoms with Crippen LogP contribution in [-0.4, -0.2) is 23.4 Å². The monoisotopic (exact) mass is 243 g/mol. The van der Waals surface area contributed by atoms with Crippen LogP contribution in [0.25, 0.3) is 0 Å². The summed E-state index contributed by atoms with van der Waals surface area (Å²) in [7, 11) is 0. The number of benzene rings is 1. The Balaban J connectivity index is 2.09. The first-order valence-corrected chi connectivity index (χ1v) is 5.29. The van der Waals surface area contributed by atoms with E-state index in [1.165, 1.54) is 6.92 Å². The third-order valence-electron chi connectivity index (χ3n) is 2.60. The molecule has 0 aromatic heterocycles. The lowest BCUT2D eigenvalue weighted by atomic mass is 9.97. The average molecular weight is 244 g/mol. The highest BCUT2D eigenvalue weighted by Gasteiger charge is 2.54. The van der Waals surface area contributed by atoms with Crippen molar-refractivity contribution in [2.45, 2.75) is 24.4 Å². The smallest absolute Gasteiger partial charge is 0.252 e. The molecule has 0 saturated carbocycles. The maximum Gasteiger partial charge on any atom is 0.252 e. The van der Waals surface area contributed by atoms with Crippen LogP contribution in [0, 0.1) is 0 Å². The SMILES string of the molecule is CC1(NC(=O)c2ccccc2)C(F)OC1Cl. The van der Waals surface area contributed by atoms with Crippen molar-refractivity contribution >= 4 is 17.5 Å². The molecule has 0 bridgehead atoms. The molecule has 0 aliphatic carbocycles. The summed E-state index contributed by atoms with van der Waals surface area (Å²) in [6.07, 6.45) is -1.57. The normalized spacial score (nSPS) is 32.9. The standard InChI is InChI=1S/C11H11ClFNO2/c1-11(9(12)16-10(11)13)14-8(15)7-5-3-2-4-6-7/h2-6,9-10H,1H3,(H,14,15). The summed E-state index contributed by atoms with van der Waals surface area (Å²) in [5, 5.41) is 2.54. The van der Waals surface area contributed by atoms with Crippen molar-refractivity contribution in [2.75, 3.05) is 0 Å². The molecule has 86 valence electrons. The van der Waals surface area contributed by atoms with Crippen molar-refractivity contribution in [3.05, 3.63) is 35.9 Å². The highest BCUT2D eigenvalue weighted by Crippen LogP contribution is 2.36. The Hall–Kier alpha value is -1.13. The second-order valence-corrected chi connectivity index (χ2v) is 4.27. The van der Waals surface area contributed by atoms with Crippen LogP contribution < -0.4 is 5.32 Å². The molecule has 0 spiro atoms. The lowest BCUT2D eigenvalue weighted by Crippen LogP contribution is -2.68. The number of carbonyl (C=O) groups excluding carboxylic acids is 1. The minimum Gasteiger partial charge on any atom is -0.338 e. The Labute approximate surface area is 97.5 Å². The molecule has 2 rings (SSSR count). The number of rotatable bonds is 2. The van der Waals surface area contributed by atoms with Crippen molar-refractivity contribution in [1.29, 1.82) is 0 Å². The van der Waals surface area contributed by atoms with Crippen molar-refractivity contribution < 1.29 is 13.9 Å². The van der Waals surface area contributed by atoms with Crippen molar-refractivity contribution in [2.24, 2.45) is 0 Å². The molecule has 1 amide bonds. The molecule has 1 saturated heterocycles. The van der Waals surface area contributed by atoms with Crippen molar-refractivity contribution in [3.8, 4) is 0 Å². The second-order valence-electron chi connectivity index (χ2n) is 3.87. The summed E-state index contributed by atoms with van der Waals surface area (Å²) in [5.41, 5.74) is -1.53. The summed E-state index contributed by atoms with van der Waals surface area (Å²) in [4.78, 5) is 11.8. The van der Waals surface area contributed by atoms with E-state index in [0.29, 0.717) is 5.56 Å². The van der Waals surface area contributed by atoms with Gasteiger partial charge >= 0.3 is 0 Å². The van der Waals surface area contributed by atoms with Gasteiger partial charge in [-0.3, -0.25) is 4.79 Å². The largest absolute Gasteiger partial charge is 0.338 e. The molecule has 1 N–H and O–H groups in total. The fourth-order valence-corrected chi connectivity index (χ4v) is 1.68. The number of alkyl halides is 2. The van der Waals surface area contributed by atoms with Crippen molar-refractivity contribution in [1.82, 2.24) is 5.32 Å². The van der Waals surface area contributed by atoms with Gasteiger partial charge in [0.05, 0.1) is 0 Å². The molecule has 1 aromatic rings. The molecule has 1 aromatic carbocycles. The van der Waals surface area contributed by atoms with Gasteiger partial charge in [0.2, 0.25) is 6.36 Å². The van der Waals surface area contributed by atoms with Gasteiger partial charge in [0.25, 0.3) is 5.91 Å². The van der Waals surface area contributed by atoms with E-state index < -0.39 is 17.5 Å². The molecule has 3 nitrogen and oxygen atoms in total. The highest BCUT2D eigenvalue weighted by atomic mass is 35.5. The highest BCUT2D eigenvalue weighted by molar-refractivity contribution is 6.21. The number of halogens is 2. The van der Waals surface area contributed by atoms with E-state index in [0.717, 1.165) is 0 Å². The lowest BCUT2D eigenvalue weighted by Gasteiger charge is -2.46. The predicted octanol–water partition coefficient (Wildman–Crippen LogP) is 2.07. The van der Waals surface area contributed by atoms with Gasteiger partial charge < -0.3 is 10.1 Å². The van der Waals surface area contributed by atoms with Crippen LogP contribution in [0.1, 0.15) is 17.3 Å². The van der Waals surface area contributed by atoms with Gasteiger partial charge in [-0.2, -0.15) is 0 Å². The third kappa shape index (κ3) is 1.79. The Bertz CT molecular complexity index is 390. The van der Waals surface area contributed by atoms with E-state index in [1.807, 2.05) is 0 Å². The molecular weight excluding hydrogens is 233 g/mol. The number of hydrogen-bond acceptors (Lipinski definition) is 2. The van der Waals surface area contributed by atoms with E-state index in [1.54, 1.807) is 30.3 Å². The first-order chi connectivity index (χ1) is 7.54. The Morgan fingerprint density at radius 1 is 1.50 bits per heavy atom. The molecule has 16 heavy (non-hydrogen) atoms. The van der Waals surface area contributed by atoms with E-state index in [-0.39, 0.29) is 5.91 Å². The molecule has 5 heteroatoms. The van der Waals surface area contributed by atoms with Crippen LogP contribution in [-0.2, 0) is 4.74 Å². The summed E-state index contributed by atoms with van der Waals surface area (Å²) >= 11 is 5.71. The van der Waals surface area contributed by atoms with E-state index in [9.17, 15) is 9.18 Å². The Morgan fingerprint density at radius 2 is 2.12 bits per heavy atom. The van der Waals surface area contributed by atoms with Crippen LogP contribution in [0.2, 0.25) is 0 Å². The Morgan fingerprint density at radius 3 is 2.62 bits per heavy atom. The quantitative estimate of drug-likeness (QED) is 0.808. The topological polar surface area (TPSA) is 38.3 Å². The molecule has 3 unspecified atom stereocenters. The fourth-order valence-electron chi connectivity index (χ4n) is 1.44. The van der Waals surface area contributed by atoms with Gasteiger partial charge in [-0.15, -0.1) is 0 Å². The number of amides is 1. The third-order valence-corrected chi connectivity index (χ3v) is 3.16. The van der Waals surface area contributed by atoms with E-state index >= 15 is 0 Å². The van der Waals surface area contributed by atoms with Gasteiger partial charge in [-0.25, -0.2) is 4.39 Å². The Kier molecular flexibility index (Phi) is 2.86. The van der Waals surface area contributed by atoms with Crippen LogP contribution in [0.15, 0.2) is 30.3 Å². The molecule has 1 aliphatic heterocycles. The first-order valence-electron chi connectivity index (χ1n) is 4.85. The molecule has 1 aliphatic rings. The number of nitrogens with one attached hydrogen (secondary N) is 1. The minimum absolute atomic E-state index is 0.361. The summed E-state index contributed by atoms with van der Waals surface area (Å²) < 4.78 is 17.7. The zero-order valence-electron chi connectivity index (χ0n) is 8.61. The summed E-state index contributed by atoms with van der Waals surface area (Å²) in [6.45, 7) is 1.51. The van der Waals surface area contributed by atoms with Crippen LogP contribution in [0.4, 0.5) is 4.39 Å². The van der Waals surface area contributed by atoms with Gasteiger partial charge in [-0.1, -0.05) is 29.8 Å². The predicted molar refractivity (Wildman–Crippen MR) is 57.9 cm³/mol. The number of carbonyl (C=O) groups is 1. The number of hydrogen-bond donors (Lipinski definition) is 1. The average Bonchev–Trinajstić information content (AvgIpc) is 2.30. The number of ether oxygens (including phenoxy) is 1. The molecule has 0 radical (unpaired) electrons. The zero-order valence-corrected chi connectivity index (χ0v) is 9.37. The van der Waals surface area contributed by atoms with Gasteiger partial charge in [0.15, 0.2) is 5.56 Å². The van der Waals surface area contributed by atoms with Gasteiger partial charge in [0.1, 0.15) is 5.54 Å². The van der Waals surface area contributed by atoms with Crippen LogP contribution >= 0.6 is 11.6 Å². The molecule has 1 fully saturated rings. The zero-order chi connectivity index (χ0) is 11.8. The first kappa shape index (κ1) is 11.4. The van der Waals surface area contributed by atoms with Crippen LogP contribution in [0.5, 0.6) is 0 Å². The van der Waals surface area contributed by atoms with E-state index in [2.05, 4.69) is 10.1 Å². The minimum atomic E-state index is -1.57. The summed E-state index contributed by atoms with van der Waals surface area (Å²) in [5.74, 6) is -0.361. The van der Waals surface area contributed by atoms with Gasteiger partial charge in [-0.05, 0) is 19.1 Å². The molecule has 1 heterocycles.